The first-order valence-corrected chi connectivity index (χ1v) is 6.36. The van der Waals surface area contributed by atoms with Crippen LogP contribution in [0.4, 0.5) is 0 Å². The minimum Gasteiger partial charge on any atom is -0.385 e. The zero-order chi connectivity index (χ0) is 13.0. The van der Waals surface area contributed by atoms with Crippen molar-refractivity contribution in [2.24, 2.45) is 0 Å². The number of nitrogens with one attached hydrogen (secondary N) is 1. The fourth-order valence-corrected chi connectivity index (χ4v) is 2.23. The molecule has 1 N–H and O–H groups in total. The Morgan fingerprint density at radius 3 is 2.78 bits per heavy atom. The van der Waals surface area contributed by atoms with Crippen molar-refractivity contribution in [1.82, 2.24) is 14.8 Å². The predicted molar refractivity (Wildman–Crippen MR) is 74.1 cm³/mol. The standard InChI is InChI=1S/C13H17N3OS/c1-10(8-9-17-2)16-12(14-15-13(16)18)11-6-4-3-5-7-11/h3-7,10H,8-9H2,1-2H3,(H,15,18). The van der Waals surface area contributed by atoms with Gasteiger partial charge >= 0.3 is 0 Å². The topological polar surface area (TPSA) is 42.8 Å². The first kappa shape index (κ1) is 13.0. The van der Waals surface area contributed by atoms with E-state index in [9.17, 15) is 0 Å². The van der Waals surface area contributed by atoms with Crippen LogP contribution in [0.2, 0.25) is 0 Å². The summed E-state index contributed by atoms with van der Waals surface area (Å²) in [5, 5.41) is 7.19. The van der Waals surface area contributed by atoms with Gasteiger partial charge in [-0.1, -0.05) is 30.3 Å². The summed E-state index contributed by atoms with van der Waals surface area (Å²) >= 11 is 5.30. The number of H-pyrrole nitrogens is 1. The van der Waals surface area contributed by atoms with Crippen LogP contribution in [-0.2, 0) is 4.74 Å². The molecule has 0 amide bonds. The number of aromatic amines is 1. The molecule has 1 aromatic heterocycles. The Hall–Kier alpha value is -1.46. The van der Waals surface area contributed by atoms with Crippen molar-refractivity contribution in [3.05, 3.63) is 35.1 Å². The number of benzene rings is 1. The molecular weight excluding hydrogens is 246 g/mol. The highest BCUT2D eigenvalue weighted by Crippen LogP contribution is 2.22. The third-order valence-electron chi connectivity index (χ3n) is 2.92. The van der Waals surface area contributed by atoms with Crippen LogP contribution in [0.25, 0.3) is 11.4 Å². The number of aromatic nitrogens is 3. The van der Waals surface area contributed by atoms with Crippen molar-refractivity contribution < 1.29 is 4.74 Å². The van der Waals surface area contributed by atoms with E-state index in [1.54, 1.807) is 7.11 Å². The fraction of sp³-hybridized carbons (Fsp3) is 0.385. The van der Waals surface area contributed by atoms with Gasteiger partial charge in [-0.2, -0.15) is 5.10 Å². The number of ether oxygens (including phenoxy) is 1. The number of hydrogen-bond donors (Lipinski definition) is 1. The molecule has 0 radical (unpaired) electrons. The Labute approximate surface area is 112 Å². The zero-order valence-corrected chi connectivity index (χ0v) is 11.4. The maximum Gasteiger partial charge on any atom is 0.195 e. The lowest BCUT2D eigenvalue weighted by molar-refractivity contribution is 0.181. The number of methoxy groups -OCH3 is 1. The molecule has 96 valence electrons. The molecule has 0 aliphatic carbocycles. The van der Waals surface area contributed by atoms with Gasteiger partial charge in [-0.15, -0.1) is 0 Å². The largest absolute Gasteiger partial charge is 0.385 e. The van der Waals surface area contributed by atoms with E-state index in [1.165, 1.54) is 0 Å². The van der Waals surface area contributed by atoms with Gasteiger partial charge in [0.25, 0.3) is 0 Å². The summed E-state index contributed by atoms with van der Waals surface area (Å²) < 4.78 is 7.81. The lowest BCUT2D eigenvalue weighted by atomic mass is 10.2. The van der Waals surface area contributed by atoms with Crippen LogP contribution in [0.15, 0.2) is 30.3 Å². The quantitative estimate of drug-likeness (QED) is 0.842. The van der Waals surface area contributed by atoms with Crippen LogP contribution in [0.1, 0.15) is 19.4 Å². The maximum absolute atomic E-state index is 5.30. The summed E-state index contributed by atoms with van der Waals surface area (Å²) in [7, 11) is 1.71. The molecule has 0 aliphatic rings. The molecule has 0 saturated carbocycles. The molecule has 2 rings (SSSR count). The Bertz CT molecular complexity index is 547. The molecule has 5 heteroatoms. The second-order valence-corrected chi connectivity index (χ2v) is 4.61. The first-order valence-electron chi connectivity index (χ1n) is 5.95. The van der Waals surface area contributed by atoms with E-state index in [1.807, 2.05) is 34.9 Å². The van der Waals surface area contributed by atoms with E-state index in [4.69, 9.17) is 17.0 Å². The summed E-state index contributed by atoms with van der Waals surface area (Å²) in [5.41, 5.74) is 1.06. The van der Waals surface area contributed by atoms with Gasteiger partial charge in [-0.25, -0.2) is 0 Å². The normalized spacial score (nSPS) is 12.6. The smallest absolute Gasteiger partial charge is 0.195 e. The Kier molecular flexibility index (Phi) is 4.28. The van der Waals surface area contributed by atoms with Crippen molar-refractivity contribution in [2.45, 2.75) is 19.4 Å². The van der Waals surface area contributed by atoms with Crippen molar-refractivity contribution in [1.29, 1.82) is 0 Å². The molecular formula is C13H17N3OS. The van der Waals surface area contributed by atoms with Crippen molar-refractivity contribution >= 4 is 12.2 Å². The number of hydrogen-bond acceptors (Lipinski definition) is 3. The molecule has 0 saturated heterocycles. The van der Waals surface area contributed by atoms with Crippen molar-refractivity contribution in [3.8, 4) is 11.4 Å². The fourth-order valence-electron chi connectivity index (χ4n) is 1.92. The second-order valence-electron chi connectivity index (χ2n) is 4.22. The van der Waals surface area contributed by atoms with E-state index in [0.29, 0.717) is 11.4 Å². The summed E-state index contributed by atoms with van der Waals surface area (Å²) in [6, 6.07) is 10.3. The van der Waals surface area contributed by atoms with Gasteiger partial charge in [0.2, 0.25) is 0 Å². The Morgan fingerprint density at radius 1 is 1.39 bits per heavy atom. The molecule has 1 atom stereocenters. The van der Waals surface area contributed by atoms with E-state index < -0.39 is 0 Å². The molecule has 0 aliphatic heterocycles. The van der Waals surface area contributed by atoms with Crippen LogP contribution in [0.3, 0.4) is 0 Å². The average Bonchev–Trinajstić information content (AvgIpc) is 2.79. The molecule has 0 fully saturated rings. The number of rotatable bonds is 5. The predicted octanol–water partition coefficient (Wildman–Crippen LogP) is 3.21. The summed E-state index contributed by atoms with van der Waals surface area (Å²) in [6.45, 7) is 2.83. The minimum atomic E-state index is 0.256. The van der Waals surface area contributed by atoms with E-state index >= 15 is 0 Å². The summed E-state index contributed by atoms with van der Waals surface area (Å²) in [5.74, 6) is 0.879. The Morgan fingerprint density at radius 2 is 2.11 bits per heavy atom. The van der Waals surface area contributed by atoms with Crippen LogP contribution in [0, 0.1) is 4.77 Å². The monoisotopic (exact) mass is 263 g/mol. The van der Waals surface area contributed by atoms with E-state index in [0.717, 1.165) is 17.8 Å². The molecule has 1 heterocycles. The lowest BCUT2D eigenvalue weighted by Crippen LogP contribution is -2.09. The van der Waals surface area contributed by atoms with E-state index in [2.05, 4.69) is 17.1 Å². The van der Waals surface area contributed by atoms with E-state index in [-0.39, 0.29) is 6.04 Å². The molecule has 0 bridgehead atoms. The molecule has 1 unspecified atom stereocenters. The first-order chi connectivity index (χ1) is 8.74. The lowest BCUT2D eigenvalue weighted by Gasteiger charge is -2.15. The second kappa shape index (κ2) is 5.93. The molecule has 18 heavy (non-hydrogen) atoms. The highest BCUT2D eigenvalue weighted by molar-refractivity contribution is 7.71. The van der Waals surface area contributed by atoms with Gasteiger partial charge in [0.1, 0.15) is 0 Å². The van der Waals surface area contributed by atoms with Gasteiger partial charge in [-0.05, 0) is 25.6 Å². The van der Waals surface area contributed by atoms with Crippen LogP contribution in [-0.4, -0.2) is 28.5 Å². The molecule has 1 aromatic carbocycles. The zero-order valence-electron chi connectivity index (χ0n) is 10.6. The third kappa shape index (κ3) is 2.68. The summed E-state index contributed by atoms with van der Waals surface area (Å²) in [4.78, 5) is 0. The third-order valence-corrected chi connectivity index (χ3v) is 3.20. The van der Waals surface area contributed by atoms with Crippen LogP contribution < -0.4 is 0 Å². The highest BCUT2D eigenvalue weighted by Gasteiger charge is 2.13. The maximum atomic E-state index is 5.30. The van der Waals surface area contributed by atoms with Crippen LogP contribution in [0.5, 0.6) is 0 Å². The SMILES string of the molecule is COCCC(C)n1c(-c2ccccc2)n[nH]c1=S. The van der Waals surface area contributed by atoms with Gasteiger partial charge in [-0.3, -0.25) is 9.67 Å². The summed E-state index contributed by atoms with van der Waals surface area (Å²) in [6.07, 6.45) is 0.907. The van der Waals surface area contributed by atoms with Crippen LogP contribution >= 0.6 is 12.2 Å². The minimum absolute atomic E-state index is 0.256. The van der Waals surface area contributed by atoms with Gasteiger partial charge in [0.15, 0.2) is 10.6 Å². The van der Waals surface area contributed by atoms with Gasteiger partial charge < -0.3 is 4.74 Å². The van der Waals surface area contributed by atoms with Crippen molar-refractivity contribution in [2.75, 3.05) is 13.7 Å². The Balaban J connectivity index is 2.36. The highest BCUT2D eigenvalue weighted by atomic mass is 32.1. The van der Waals surface area contributed by atoms with Crippen molar-refractivity contribution in [3.63, 3.8) is 0 Å². The number of nitrogens with zero attached hydrogens (tertiary/aromatic N) is 2. The van der Waals surface area contributed by atoms with Gasteiger partial charge in [0, 0.05) is 25.3 Å². The van der Waals surface area contributed by atoms with Gasteiger partial charge in [0.05, 0.1) is 0 Å². The average molecular weight is 263 g/mol. The molecule has 2 aromatic rings. The molecule has 0 spiro atoms. The molecule has 4 nitrogen and oxygen atoms in total.